The van der Waals surface area contributed by atoms with Gasteiger partial charge in [0.15, 0.2) is 0 Å². The molecule has 0 radical (unpaired) electrons. The van der Waals surface area contributed by atoms with Crippen molar-refractivity contribution >= 4 is 6.09 Å². The first-order valence-corrected chi connectivity index (χ1v) is 7.23. The van der Waals surface area contributed by atoms with Crippen molar-refractivity contribution in [2.24, 2.45) is 5.92 Å². The minimum absolute atomic E-state index is 0.181. The Hall–Kier alpha value is -1.62. The number of fused-ring (bicyclic) bond motifs is 4. The van der Waals surface area contributed by atoms with Crippen molar-refractivity contribution in [3.63, 3.8) is 0 Å². The number of piperidine rings is 1. The van der Waals surface area contributed by atoms with Gasteiger partial charge in [0, 0.05) is 38.4 Å². The molecule has 3 aliphatic heterocycles. The predicted octanol–water partition coefficient (Wildman–Crippen LogP) is 1.74. The highest BCUT2D eigenvalue weighted by Crippen LogP contribution is 2.28. The van der Waals surface area contributed by atoms with E-state index in [2.05, 4.69) is 16.0 Å². The van der Waals surface area contributed by atoms with Gasteiger partial charge < -0.3 is 9.64 Å². The summed E-state index contributed by atoms with van der Waals surface area (Å²) in [5, 5.41) is 0. The quantitative estimate of drug-likeness (QED) is 0.825. The van der Waals surface area contributed by atoms with Crippen LogP contribution in [0.5, 0.6) is 0 Å². The van der Waals surface area contributed by atoms with Crippen LogP contribution in [0.4, 0.5) is 4.79 Å². The molecule has 0 unspecified atom stereocenters. The number of hydrogen-bond donors (Lipinski definition) is 0. The minimum atomic E-state index is -0.181. The SMILES string of the molecule is COC(=O)N1C[C@H]2CC[C@@H]1CN(Cc1ccccn1)C2. The Morgan fingerprint density at radius 1 is 1.35 bits per heavy atom. The molecule has 3 fully saturated rings. The Morgan fingerprint density at radius 3 is 3.00 bits per heavy atom. The molecule has 0 saturated carbocycles. The third-order valence-corrected chi connectivity index (χ3v) is 4.31. The van der Waals surface area contributed by atoms with Gasteiger partial charge >= 0.3 is 6.09 Å². The molecule has 5 heteroatoms. The number of pyridine rings is 1. The lowest BCUT2D eigenvalue weighted by atomic mass is 9.95. The van der Waals surface area contributed by atoms with Gasteiger partial charge in [-0.05, 0) is 30.9 Å². The molecule has 1 amide bonds. The third kappa shape index (κ3) is 2.77. The van der Waals surface area contributed by atoms with E-state index in [1.54, 1.807) is 0 Å². The van der Waals surface area contributed by atoms with Crippen LogP contribution in [0.25, 0.3) is 0 Å². The van der Waals surface area contributed by atoms with Gasteiger partial charge in [0.1, 0.15) is 0 Å². The normalized spacial score (nSPS) is 26.4. The Morgan fingerprint density at radius 2 is 2.25 bits per heavy atom. The van der Waals surface area contributed by atoms with Gasteiger partial charge in [0.2, 0.25) is 0 Å². The second kappa shape index (κ2) is 5.79. The van der Waals surface area contributed by atoms with E-state index in [1.165, 1.54) is 13.5 Å². The molecule has 108 valence electrons. The van der Waals surface area contributed by atoms with Gasteiger partial charge in [0.25, 0.3) is 0 Å². The lowest BCUT2D eigenvalue weighted by Crippen LogP contribution is -2.47. The van der Waals surface area contributed by atoms with Crippen LogP contribution in [-0.4, -0.2) is 53.7 Å². The zero-order valence-corrected chi connectivity index (χ0v) is 11.9. The molecular formula is C15H21N3O2. The van der Waals surface area contributed by atoms with Crippen molar-refractivity contribution < 1.29 is 9.53 Å². The van der Waals surface area contributed by atoms with Gasteiger partial charge in [-0.3, -0.25) is 9.88 Å². The zero-order valence-electron chi connectivity index (χ0n) is 11.9. The fraction of sp³-hybridized carbons (Fsp3) is 0.600. The number of carbonyl (C=O) groups excluding carboxylic acids is 1. The van der Waals surface area contributed by atoms with Crippen molar-refractivity contribution in [2.75, 3.05) is 26.7 Å². The summed E-state index contributed by atoms with van der Waals surface area (Å²) in [6.45, 7) is 3.65. The molecule has 2 atom stereocenters. The number of ether oxygens (including phenoxy) is 1. The van der Waals surface area contributed by atoms with Crippen LogP contribution in [0.2, 0.25) is 0 Å². The summed E-state index contributed by atoms with van der Waals surface area (Å²) < 4.78 is 4.91. The number of rotatable bonds is 2. The Balaban J connectivity index is 1.70. The molecule has 0 N–H and O–H groups in total. The fourth-order valence-electron chi connectivity index (χ4n) is 3.37. The summed E-state index contributed by atoms with van der Waals surface area (Å²) >= 11 is 0. The smallest absolute Gasteiger partial charge is 0.409 e. The average molecular weight is 275 g/mol. The standard InChI is InChI=1S/C15H21N3O2/c1-20-15(19)18-9-12-5-6-14(18)11-17(8-12)10-13-4-2-3-7-16-13/h2-4,7,12,14H,5-6,8-11H2,1H3/t12-,14+/m0/s1. The number of methoxy groups -OCH3 is 1. The van der Waals surface area contributed by atoms with Crippen LogP contribution in [0, 0.1) is 5.92 Å². The topological polar surface area (TPSA) is 45.7 Å². The van der Waals surface area contributed by atoms with Crippen LogP contribution in [0.1, 0.15) is 18.5 Å². The van der Waals surface area contributed by atoms with Crippen LogP contribution >= 0.6 is 0 Å². The van der Waals surface area contributed by atoms with Crippen molar-refractivity contribution in [1.82, 2.24) is 14.8 Å². The number of carbonyl (C=O) groups is 1. The molecular weight excluding hydrogens is 254 g/mol. The first-order valence-electron chi connectivity index (χ1n) is 7.23. The summed E-state index contributed by atoms with van der Waals surface area (Å²) in [5.74, 6) is 0.552. The summed E-state index contributed by atoms with van der Waals surface area (Å²) in [6.07, 6.45) is 3.94. The van der Waals surface area contributed by atoms with Crippen molar-refractivity contribution in [2.45, 2.75) is 25.4 Å². The number of hydrogen-bond acceptors (Lipinski definition) is 4. The van der Waals surface area contributed by atoms with E-state index in [0.29, 0.717) is 5.92 Å². The first kappa shape index (κ1) is 13.4. The summed E-state index contributed by atoms with van der Waals surface area (Å²) in [6, 6.07) is 6.31. The maximum atomic E-state index is 11.8. The zero-order chi connectivity index (χ0) is 13.9. The summed E-state index contributed by atoms with van der Waals surface area (Å²) in [7, 11) is 1.46. The van der Waals surface area contributed by atoms with Crippen LogP contribution in [0.15, 0.2) is 24.4 Å². The average Bonchev–Trinajstić information content (AvgIpc) is 2.77. The van der Waals surface area contributed by atoms with Crippen LogP contribution in [0.3, 0.4) is 0 Å². The Kier molecular flexibility index (Phi) is 3.87. The van der Waals surface area contributed by atoms with Gasteiger partial charge in [-0.25, -0.2) is 4.79 Å². The van der Waals surface area contributed by atoms with Crippen molar-refractivity contribution in [3.05, 3.63) is 30.1 Å². The molecule has 4 rings (SSSR count). The number of aromatic nitrogens is 1. The van der Waals surface area contributed by atoms with E-state index in [-0.39, 0.29) is 12.1 Å². The number of nitrogens with zero attached hydrogens (tertiary/aromatic N) is 3. The maximum absolute atomic E-state index is 11.8. The summed E-state index contributed by atoms with van der Waals surface area (Å²) in [5.41, 5.74) is 1.10. The van der Waals surface area contributed by atoms with E-state index < -0.39 is 0 Å². The lowest BCUT2D eigenvalue weighted by molar-refractivity contribution is 0.0833. The monoisotopic (exact) mass is 275 g/mol. The van der Waals surface area contributed by atoms with Gasteiger partial charge in [0.05, 0.1) is 12.8 Å². The van der Waals surface area contributed by atoms with E-state index in [0.717, 1.165) is 38.3 Å². The van der Waals surface area contributed by atoms with Gasteiger partial charge in [-0.2, -0.15) is 0 Å². The van der Waals surface area contributed by atoms with Crippen molar-refractivity contribution in [3.8, 4) is 0 Å². The van der Waals surface area contributed by atoms with Gasteiger partial charge in [-0.1, -0.05) is 6.07 Å². The maximum Gasteiger partial charge on any atom is 0.409 e. The molecule has 1 aromatic heterocycles. The summed E-state index contributed by atoms with van der Waals surface area (Å²) in [4.78, 5) is 20.6. The molecule has 0 aromatic carbocycles. The van der Waals surface area contributed by atoms with Crippen LogP contribution < -0.4 is 0 Å². The molecule has 3 aliphatic rings. The first-order chi connectivity index (χ1) is 9.76. The van der Waals surface area contributed by atoms with Crippen LogP contribution in [-0.2, 0) is 11.3 Å². The van der Waals surface area contributed by atoms with Crippen molar-refractivity contribution in [1.29, 1.82) is 0 Å². The fourth-order valence-corrected chi connectivity index (χ4v) is 3.37. The second-order valence-corrected chi connectivity index (χ2v) is 5.73. The molecule has 20 heavy (non-hydrogen) atoms. The molecule has 4 heterocycles. The molecule has 1 aromatic rings. The van der Waals surface area contributed by atoms with E-state index in [4.69, 9.17) is 4.74 Å². The van der Waals surface area contributed by atoms with E-state index in [1.807, 2.05) is 23.2 Å². The predicted molar refractivity (Wildman–Crippen MR) is 75.1 cm³/mol. The lowest BCUT2D eigenvalue weighted by Gasteiger charge is -2.34. The highest BCUT2D eigenvalue weighted by molar-refractivity contribution is 5.68. The van der Waals surface area contributed by atoms with E-state index >= 15 is 0 Å². The molecule has 2 bridgehead atoms. The highest BCUT2D eigenvalue weighted by Gasteiger charge is 2.37. The minimum Gasteiger partial charge on any atom is -0.453 e. The molecule has 0 spiro atoms. The van der Waals surface area contributed by atoms with E-state index in [9.17, 15) is 4.79 Å². The second-order valence-electron chi connectivity index (χ2n) is 5.73. The Bertz CT molecular complexity index is 465. The molecule has 5 nitrogen and oxygen atoms in total. The molecule has 0 aliphatic carbocycles. The largest absolute Gasteiger partial charge is 0.453 e. The van der Waals surface area contributed by atoms with Gasteiger partial charge in [-0.15, -0.1) is 0 Å². The Labute approximate surface area is 119 Å². The third-order valence-electron chi connectivity index (χ3n) is 4.31. The highest BCUT2D eigenvalue weighted by atomic mass is 16.5. The molecule has 3 saturated heterocycles. The number of amides is 1.